The molecule has 6 atom stereocenters. The maximum Gasteiger partial charge on any atom is 0.303 e. The van der Waals surface area contributed by atoms with E-state index in [0.717, 1.165) is 30.1 Å². The van der Waals surface area contributed by atoms with E-state index >= 15 is 0 Å². The maximum absolute atomic E-state index is 10.7. The molecule has 30 heavy (non-hydrogen) atoms. The summed E-state index contributed by atoms with van der Waals surface area (Å²) in [5.41, 5.74) is 0. The summed E-state index contributed by atoms with van der Waals surface area (Å²) in [4.78, 5) is 10.7. The molecular formula is C28H56O2. The van der Waals surface area contributed by atoms with Crippen LogP contribution in [0.5, 0.6) is 0 Å². The van der Waals surface area contributed by atoms with E-state index in [1.807, 2.05) is 0 Å². The first-order chi connectivity index (χ1) is 14.1. The Hall–Kier alpha value is -0.530. The molecule has 0 saturated heterocycles. The summed E-state index contributed by atoms with van der Waals surface area (Å²) >= 11 is 0. The van der Waals surface area contributed by atoms with E-state index in [9.17, 15) is 4.79 Å². The average Bonchev–Trinajstić information content (AvgIpc) is 2.63. The predicted octanol–water partition coefficient (Wildman–Crippen LogP) is 9.37. The fourth-order valence-electron chi connectivity index (χ4n) is 5.50. The van der Waals surface area contributed by atoms with E-state index in [1.165, 1.54) is 77.0 Å². The normalized spacial score (nSPS) is 17.8. The first-order valence-electron chi connectivity index (χ1n) is 13.4. The largest absolute Gasteiger partial charge is 0.481 e. The highest BCUT2D eigenvalue weighted by Crippen LogP contribution is 2.28. The van der Waals surface area contributed by atoms with Crippen LogP contribution in [0.15, 0.2) is 0 Å². The van der Waals surface area contributed by atoms with E-state index in [1.54, 1.807) is 0 Å². The Labute approximate surface area is 190 Å². The van der Waals surface area contributed by atoms with Crippen LogP contribution in [0.1, 0.15) is 138 Å². The van der Waals surface area contributed by atoms with Crippen molar-refractivity contribution >= 4 is 5.97 Å². The van der Waals surface area contributed by atoms with Crippen molar-refractivity contribution in [3.8, 4) is 0 Å². The van der Waals surface area contributed by atoms with Gasteiger partial charge >= 0.3 is 5.97 Å². The number of hydrogen-bond donors (Lipinski definition) is 1. The molecule has 0 aliphatic heterocycles. The van der Waals surface area contributed by atoms with Crippen molar-refractivity contribution in [1.29, 1.82) is 0 Å². The lowest BCUT2D eigenvalue weighted by Crippen LogP contribution is -2.11. The van der Waals surface area contributed by atoms with E-state index in [2.05, 4.69) is 48.5 Å². The van der Waals surface area contributed by atoms with Crippen molar-refractivity contribution in [2.75, 3.05) is 0 Å². The van der Waals surface area contributed by atoms with E-state index in [-0.39, 0.29) is 0 Å². The minimum Gasteiger partial charge on any atom is -0.481 e. The Bertz CT molecular complexity index is 405. The van der Waals surface area contributed by atoms with E-state index < -0.39 is 5.97 Å². The molecule has 6 unspecified atom stereocenters. The lowest BCUT2D eigenvalue weighted by molar-refractivity contribution is -0.137. The molecule has 0 saturated carbocycles. The molecule has 2 nitrogen and oxygen atoms in total. The summed E-state index contributed by atoms with van der Waals surface area (Å²) in [7, 11) is 0. The van der Waals surface area contributed by atoms with Gasteiger partial charge in [-0.25, -0.2) is 0 Å². The van der Waals surface area contributed by atoms with E-state index in [0.29, 0.717) is 18.3 Å². The molecular weight excluding hydrogens is 368 g/mol. The van der Waals surface area contributed by atoms with Gasteiger partial charge in [-0.15, -0.1) is 0 Å². The number of carboxylic acid groups (broad SMARTS) is 1. The summed E-state index contributed by atoms with van der Waals surface area (Å²) in [6, 6.07) is 0. The van der Waals surface area contributed by atoms with Crippen molar-refractivity contribution in [1.82, 2.24) is 0 Å². The quantitative estimate of drug-likeness (QED) is 0.198. The monoisotopic (exact) mass is 424 g/mol. The minimum atomic E-state index is -0.660. The average molecular weight is 425 g/mol. The van der Waals surface area contributed by atoms with Gasteiger partial charge in [0.2, 0.25) is 0 Å². The van der Waals surface area contributed by atoms with Crippen LogP contribution >= 0.6 is 0 Å². The highest BCUT2D eigenvalue weighted by molar-refractivity contribution is 5.66. The summed E-state index contributed by atoms with van der Waals surface area (Å²) < 4.78 is 0. The van der Waals surface area contributed by atoms with Gasteiger partial charge in [0.1, 0.15) is 0 Å². The Balaban J connectivity index is 3.79. The summed E-state index contributed by atoms with van der Waals surface area (Å²) in [5, 5.41) is 8.84. The third kappa shape index (κ3) is 18.3. The van der Waals surface area contributed by atoms with Crippen LogP contribution in [0.4, 0.5) is 0 Å². The Morgan fingerprint density at radius 2 is 0.933 bits per heavy atom. The number of carbonyl (C=O) groups is 1. The van der Waals surface area contributed by atoms with Gasteiger partial charge in [-0.05, 0) is 67.6 Å². The van der Waals surface area contributed by atoms with Crippen LogP contribution in [0.25, 0.3) is 0 Å². The molecule has 2 heteroatoms. The van der Waals surface area contributed by atoms with Gasteiger partial charge in [-0.2, -0.15) is 0 Å². The van der Waals surface area contributed by atoms with Gasteiger partial charge in [0.15, 0.2) is 0 Å². The topological polar surface area (TPSA) is 37.3 Å². The van der Waals surface area contributed by atoms with Crippen LogP contribution in [-0.4, -0.2) is 11.1 Å². The summed E-state index contributed by atoms with van der Waals surface area (Å²) in [5.74, 6) is 4.00. The second-order valence-corrected chi connectivity index (χ2v) is 11.3. The fraction of sp³-hybridized carbons (Fsp3) is 0.964. The number of hydrogen-bond acceptors (Lipinski definition) is 1. The zero-order chi connectivity index (χ0) is 22.9. The lowest BCUT2D eigenvalue weighted by atomic mass is 9.83. The summed E-state index contributed by atoms with van der Waals surface area (Å²) in [6.07, 6.45) is 17.5. The molecule has 1 N–H and O–H groups in total. The number of aliphatic carboxylic acids is 1. The van der Waals surface area contributed by atoms with Crippen LogP contribution in [0.2, 0.25) is 0 Å². The van der Waals surface area contributed by atoms with Crippen molar-refractivity contribution in [3.63, 3.8) is 0 Å². The molecule has 0 fully saturated rings. The van der Waals surface area contributed by atoms with Crippen molar-refractivity contribution < 1.29 is 9.90 Å². The van der Waals surface area contributed by atoms with Crippen molar-refractivity contribution in [3.05, 3.63) is 0 Å². The number of carboxylic acids is 1. The first kappa shape index (κ1) is 29.5. The third-order valence-corrected chi connectivity index (χ3v) is 7.01. The lowest BCUT2D eigenvalue weighted by Gasteiger charge is -2.23. The molecule has 0 aliphatic rings. The Morgan fingerprint density at radius 1 is 0.567 bits per heavy atom. The number of rotatable bonds is 20. The standard InChI is InChI=1S/C28H56O2/c1-8-9-13-22(2)18-23(3)14-11-10-12-15-24(4)19-26(6)21-27(7)20-25(5)16-17-28(29)30/h22-27H,8-21H2,1-7H3,(H,29,30). The van der Waals surface area contributed by atoms with Gasteiger partial charge in [0, 0.05) is 6.42 Å². The van der Waals surface area contributed by atoms with Crippen LogP contribution in [-0.2, 0) is 4.79 Å². The highest BCUT2D eigenvalue weighted by atomic mass is 16.4. The molecule has 0 aromatic carbocycles. The SMILES string of the molecule is CCCCC(C)CC(C)CCCCCC(C)CC(C)CC(C)CC(C)CCC(=O)O. The molecule has 0 heterocycles. The van der Waals surface area contributed by atoms with Gasteiger partial charge in [-0.1, -0.05) is 99.8 Å². The summed E-state index contributed by atoms with van der Waals surface area (Å²) in [6.45, 7) is 16.6. The van der Waals surface area contributed by atoms with Gasteiger partial charge < -0.3 is 5.11 Å². The van der Waals surface area contributed by atoms with Crippen molar-refractivity contribution in [2.24, 2.45) is 35.5 Å². The Morgan fingerprint density at radius 3 is 1.37 bits per heavy atom. The first-order valence-corrected chi connectivity index (χ1v) is 13.4. The van der Waals surface area contributed by atoms with Crippen LogP contribution in [0, 0.1) is 35.5 Å². The van der Waals surface area contributed by atoms with Crippen molar-refractivity contribution in [2.45, 2.75) is 138 Å². The number of unbranched alkanes of at least 4 members (excludes halogenated alkanes) is 3. The second-order valence-electron chi connectivity index (χ2n) is 11.3. The molecule has 0 radical (unpaired) electrons. The molecule has 0 amide bonds. The third-order valence-electron chi connectivity index (χ3n) is 7.01. The fourth-order valence-corrected chi connectivity index (χ4v) is 5.50. The predicted molar refractivity (Wildman–Crippen MR) is 133 cm³/mol. The zero-order valence-corrected chi connectivity index (χ0v) is 21.7. The zero-order valence-electron chi connectivity index (χ0n) is 21.7. The van der Waals surface area contributed by atoms with Gasteiger partial charge in [-0.3, -0.25) is 4.79 Å². The van der Waals surface area contributed by atoms with Crippen LogP contribution in [0.3, 0.4) is 0 Å². The molecule has 0 aliphatic carbocycles. The van der Waals surface area contributed by atoms with Crippen LogP contribution < -0.4 is 0 Å². The molecule has 0 spiro atoms. The molecule has 0 rings (SSSR count). The highest BCUT2D eigenvalue weighted by Gasteiger charge is 2.16. The van der Waals surface area contributed by atoms with Gasteiger partial charge in [0.05, 0.1) is 0 Å². The Kier molecular flexibility index (Phi) is 17.8. The molecule has 0 aromatic rings. The molecule has 180 valence electrons. The van der Waals surface area contributed by atoms with E-state index in [4.69, 9.17) is 5.11 Å². The molecule has 0 aromatic heterocycles. The molecule has 0 bridgehead atoms. The minimum absolute atomic E-state index is 0.317. The maximum atomic E-state index is 10.7. The second kappa shape index (κ2) is 18.1. The van der Waals surface area contributed by atoms with Gasteiger partial charge in [0.25, 0.3) is 0 Å². The smallest absolute Gasteiger partial charge is 0.303 e.